The lowest BCUT2D eigenvalue weighted by molar-refractivity contribution is 0.756. The Kier molecular flexibility index (Phi) is 4.14. The Labute approximate surface area is 105 Å². The molecule has 5 heteroatoms. The number of hydrogen-bond acceptors (Lipinski definition) is 5. The number of thioether (sulfide) groups is 1. The number of nitrogens with zero attached hydrogens (tertiary/aromatic N) is 3. The minimum absolute atomic E-state index is 0.366. The molecule has 1 unspecified atom stereocenters. The quantitative estimate of drug-likeness (QED) is 0.881. The maximum Gasteiger partial charge on any atom is 0.243 e. The van der Waals surface area contributed by atoms with Crippen molar-refractivity contribution in [2.45, 2.75) is 19.4 Å². The molecular formula is C12H16N4S. The highest BCUT2D eigenvalue weighted by atomic mass is 32.2. The highest BCUT2D eigenvalue weighted by Gasteiger charge is 2.05. The van der Waals surface area contributed by atoms with Crippen molar-refractivity contribution in [1.82, 2.24) is 15.2 Å². The summed E-state index contributed by atoms with van der Waals surface area (Å²) in [5, 5.41) is 11.5. The average molecular weight is 248 g/mol. The highest BCUT2D eigenvalue weighted by Crippen LogP contribution is 2.10. The summed E-state index contributed by atoms with van der Waals surface area (Å²) in [5.41, 5.74) is 1.71. The van der Waals surface area contributed by atoms with E-state index in [2.05, 4.69) is 33.7 Å². The topological polar surface area (TPSA) is 50.7 Å². The van der Waals surface area contributed by atoms with Gasteiger partial charge >= 0.3 is 0 Å². The summed E-state index contributed by atoms with van der Waals surface area (Å²) >= 11 is 1.85. The van der Waals surface area contributed by atoms with E-state index in [0.29, 0.717) is 12.0 Å². The molecule has 0 aliphatic carbocycles. The number of fused-ring (bicyclic) bond motifs is 1. The Bertz CT molecular complexity index is 489. The zero-order chi connectivity index (χ0) is 12.1. The number of rotatable bonds is 5. The molecule has 0 fully saturated rings. The Hall–Kier alpha value is -1.36. The van der Waals surface area contributed by atoms with Crippen molar-refractivity contribution < 1.29 is 0 Å². The third kappa shape index (κ3) is 3.30. The summed E-state index contributed by atoms with van der Waals surface area (Å²) in [7, 11) is 0. The molecule has 4 nitrogen and oxygen atoms in total. The molecule has 0 amide bonds. The lowest BCUT2D eigenvalue weighted by Crippen LogP contribution is -2.18. The van der Waals surface area contributed by atoms with Crippen molar-refractivity contribution in [2.24, 2.45) is 0 Å². The summed E-state index contributed by atoms with van der Waals surface area (Å²) in [6.07, 6.45) is 3.21. The van der Waals surface area contributed by atoms with Crippen LogP contribution >= 0.6 is 11.8 Å². The maximum absolute atomic E-state index is 4.43. The largest absolute Gasteiger partial charge is 0.350 e. The summed E-state index contributed by atoms with van der Waals surface area (Å²) in [4.78, 5) is 4.43. The van der Waals surface area contributed by atoms with Gasteiger partial charge in [0.1, 0.15) is 5.52 Å². The molecule has 0 aliphatic heterocycles. The van der Waals surface area contributed by atoms with Gasteiger partial charge in [0, 0.05) is 6.04 Å². The van der Waals surface area contributed by atoms with E-state index in [0.717, 1.165) is 23.2 Å². The van der Waals surface area contributed by atoms with E-state index in [1.165, 1.54) is 0 Å². The van der Waals surface area contributed by atoms with Crippen LogP contribution in [-0.4, -0.2) is 33.2 Å². The molecule has 0 bridgehead atoms. The summed E-state index contributed by atoms with van der Waals surface area (Å²) < 4.78 is 0. The SMILES string of the molecule is CSCCC(C)Nc1nnc2ccccc2n1. The Morgan fingerprint density at radius 1 is 1.24 bits per heavy atom. The smallest absolute Gasteiger partial charge is 0.243 e. The van der Waals surface area contributed by atoms with Gasteiger partial charge in [-0.2, -0.15) is 11.8 Å². The van der Waals surface area contributed by atoms with Crippen LogP contribution in [0.15, 0.2) is 24.3 Å². The number of nitrogens with one attached hydrogen (secondary N) is 1. The van der Waals surface area contributed by atoms with Crippen LogP contribution in [0.2, 0.25) is 0 Å². The van der Waals surface area contributed by atoms with Gasteiger partial charge in [-0.15, -0.1) is 10.2 Å². The predicted molar refractivity (Wildman–Crippen MR) is 73.4 cm³/mol. The molecule has 2 rings (SSSR count). The van der Waals surface area contributed by atoms with Crippen molar-refractivity contribution in [3.63, 3.8) is 0 Å². The Morgan fingerprint density at radius 3 is 2.76 bits per heavy atom. The van der Waals surface area contributed by atoms with E-state index in [1.807, 2.05) is 36.0 Å². The zero-order valence-corrected chi connectivity index (χ0v) is 10.9. The first-order valence-corrected chi connectivity index (χ1v) is 7.04. The summed E-state index contributed by atoms with van der Waals surface area (Å²) in [5.74, 6) is 1.74. The molecule has 1 atom stereocenters. The van der Waals surface area contributed by atoms with Gasteiger partial charge in [-0.25, -0.2) is 4.98 Å². The standard InChI is InChI=1S/C12H16N4S/c1-9(7-8-17-2)13-12-14-10-5-3-4-6-11(10)15-16-12/h3-6,9H,7-8H2,1-2H3,(H,13,14,16). The first kappa shape index (κ1) is 12.1. The lowest BCUT2D eigenvalue weighted by Gasteiger charge is -2.12. The Balaban J connectivity index is 2.08. The minimum atomic E-state index is 0.366. The van der Waals surface area contributed by atoms with Crippen LogP contribution in [0.1, 0.15) is 13.3 Å². The molecule has 1 aromatic heterocycles. The molecule has 17 heavy (non-hydrogen) atoms. The van der Waals surface area contributed by atoms with E-state index in [9.17, 15) is 0 Å². The molecule has 0 aliphatic rings. The first-order valence-electron chi connectivity index (χ1n) is 5.64. The van der Waals surface area contributed by atoms with Crippen LogP contribution in [0.5, 0.6) is 0 Å². The first-order chi connectivity index (χ1) is 8.29. The molecule has 0 saturated heterocycles. The van der Waals surface area contributed by atoms with Gasteiger partial charge in [0.2, 0.25) is 5.95 Å². The second kappa shape index (κ2) is 5.82. The van der Waals surface area contributed by atoms with Gasteiger partial charge in [-0.1, -0.05) is 12.1 Å². The lowest BCUT2D eigenvalue weighted by atomic mass is 10.3. The van der Waals surface area contributed by atoms with Crippen molar-refractivity contribution in [3.05, 3.63) is 24.3 Å². The van der Waals surface area contributed by atoms with E-state index in [4.69, 9.17) is 0 Å². The van der Waals surface area contributed by atoms with Gasteiger partial charge in [0.05, 0.1) is 5.52 Å². The van der Waals surface area contributed by atoms with Crippen molar-refractivity contribution in [1.29, 1.82) is 0 Å². The molecule has 0 saturated carbocycles. The second-order valence-corrected chi connectivity index (χ2v) is 4.94. The minimum Gasteiger partial charge on any atom is -0.350 e. The third-order valence-corrected chi connectivity index (χ3v) is 3.13. The summed E-state index contributed by atoms with van der Waals surface area (Å²) in [6.45, 7) is 2.13. The van der Waals surface area contributed by atoms with E-state index in [-0.39, 0.29) is 0 Å². The van der Waals surface area contributed by atoms with Crippen molar-refractivity contribution in [2.75, 3.05) is 17.3 Å². The fourth-order valence-corrected chi connectivity index (χ4v) is 2.12. The van der Waals surface area contributed by atoms with Crippen molar-refractivity contribution >= 4 is 28.7 Å². The molecule has 1 aromatic carbocycles. The molecule has 1 heterocycles. The van der Waals surface area contributed by atoms with Gasteiger partial charge < -0.3 is 5.32 Å². The fourth-order valence-electron chi connectivity index (χ4n) is 1.53. The van der Waals surface area contributed by atoms with Gasteiger partial charge in [-0.05, 0) is 37.5 Å². The monoisotopic (exact) mass is 248 g/mol. The van der Waals surface area contributed by atoms with Crippen molar-refractivity contribution in [3.8, 4) is 0 Å². The predicted octanol–water partition coefficient (Wildman–Crippen LogP) is 2.58. The van der Waals surface area contributed by atoms with Crippen LogP contribution < -0.4 is 5.32 Å². The highest BCUT2D eigenvalue weighted by molar-refractivity contribution is 7.98. The molecule has 90 valence electrons. The van der Waals surface area contributed by atoms with E-state index in [1.54, 1.807) is 0 Å². The Morgan fingerprint density at radius 2 is 2.00 bits per heavy atom. The molecule has 1 N–H and O–H groups in total. The summed E-state index contributed by atoms with van der Waals surface area (Å²) in [6, 6.07) is 8.12. The van der Waals surface area contributed by atoms with Crippen LogP contribution in [0.3, 0.4) is 0 Å². The molecule has 2 aromatic rings. The van der Waals surface area contributed by atoms with Crippen LogP contribution in [0, 0.1) is 0 Å². The number of anilines is 1. The number of aromatic nitrogens is 3. The van der Waals surface area contributed by atoms with Gasteiger partial charge in [0.25, 0.3) is 0 Å². The zero-order valence-electron chi connectivity index (χ0n) is 10.1. The van der Waals surface area contributed by atoms with E-state index < -0.39 is 0 Å². The van der Waals surface area contributed by atoms with Crippen LogP contribution in [0.25, 0.3) is 11.0 Å². The average Bonchev–Trinajstić information content (AvgIpc) is 2.36. The number of para-hydroxylation sites is 1. The molecule has 0 spiro atoms. The third-order valence-electron chi connectivity index (χ3n) is 2.49. The number of benzene rings is 1. The van der Waals surface area contributed by atoms with Crippen LogP contribution in [-0.2, 0) is 0 Å². The second-order valence-electron chi connectivity index (χ2n) is 3.95. The molecular weight excluding hydrogens is 232 g/mol. The number of hydrogen-bond donors (Lipinski definition) is 1. The van der Waals surface area contributed by atoms with Gasteiger partial charge in [0.15, 0.2) is 0 Å². The van der Waals surface area contributed by atoms with E-state index >= 15 is 0 Å². The van der Waals surface area contributed by atoms with Crippen LogP contribution in [0.4, 0.5) is 5.95 Å². The van der Waals surface area contributed by atoms with Gasteiger partial charge in [-0.3, -0.25) is 0 Å². The maximum atomic E-state index is 4.43. The normalized spacial score (nSPS) is 12.6. The fraction of sp³-hybridized carbons (Fsp3) is 0.417. The molecule has 0 radical (unpaired) electrons.